The minimum atomic E-state index is -1.40. The first-order chi connectivity index (χ1) is 18.4. The van der Waals surface area contributed by atoms with Crippen LogP contribution in [0.5, 0.6) is 11.5 Å². The molecule has 0 saturated carbocycles. The van der Waals surface area contributed by atoms with Gasteiger partial charge in [0.2, 0.25) is 5.91 Å². The second-order valence-corrected chi connectivity index (χ2v) is 11.5. The van der Waals surface area contributed by atoms with Gasteiger partial charge < -0.3 is 25.2 Å². The molecule has 208 valence electrons. The Morgan fingerprint density at radius 3 is 2.54 bits per heavy atom. The van der Waals surface area contributed by atoms with E-state index >= 15 is 0 Å². The minimum Gasteiger partial charge on any atom is -0.493 e. The predicted molar refractivity (Wildman–Crippen MR) is 147 cm³/mol. The van der Waals surface area contributed by atoms with Crippen molar-refractivity contribution in [1.82, 2.24) is 15.5 Å². The third-order valence-corrected chi connectivity index (χ3v) is 8.98. The van der Waals surface area contributed by atoms with Crippen molar-refractivity contribution < 1.29 is 24.2 Å². The second-order valence-electron chi connectivity index (χ2n) is 11.5. The van der Waals surface area contributed by atoms with E-state index in [4.69, 9.17) is 14.9 Å². The van der Waals surface area contributed by atoms with Crippen molar-refractivity contribution in [2.45, 2.75) is 89.1 Å². The molecule has 39 heavy (non-hydrogen) atoms. The van der Waals surface area contributed by atoms with Crippen LogP contribution < -0.4 is 20.1 Å². The SMILES string of the molecule is CCC1(CC)CC(=O)N([C@@H]2CCOc3ccc(C(=O)NC4c5ccccc5OC(C)(C)C4(C)O)cc32)C(=N)N1. The summed E-state index contributed by atoms with van der Waals surface area (Å²) in [6, 6.07) is 11.4. The zero-order chi connectivity index (χ0) is 28.2. The van der Waals surface area contributed by atoms with Gasteiger partial charge in [0.05, 0.1) is 25.1 Å². The number of hydrogen-bond acceptors (Lipinski definition) is 6. The molecule has 3 heterocycles. The van der Waals surface area contributed by atoms with Gasteiger partial charge in [-0.25, -0.2) is 0 Å². The van der Waals surface area contributed by atoms with Crippen LogP contribution in [0.3, 0.4) is 0 Å². The number of rotatable bonds is 5. The molecule has 0 bridgehead atoms. The summed E-state index contributed by atoms with van der Waals surface area (Å²) in [6.45, 7) is 9.72. The largest absolute Gasteiger partial charge is 0.493 e. The van der Waals surface area contributed by atoms with Crippen LogP contribution in [0.25, 0.3) is 0 Å². The highest BCUT2D eigenvalue weighted by atomic mass is 16.5. The van der Waals surface area contributed by atoms with Crippen LogP contribution in [0.4, 0.5) is 0 Å². The fourth-order valence-electron chi connectivity index (χ4n) is 5.92. The predicted octanol–water partition coefficient (Wildman–Crippen LogP) is 4.22. The van der Waals surface area contributed by atoms with Crippen LogP contribution >= 0.6 is 0 Å². The van der Waals surface area contributed by atoms with Gasteiger partial charge in [-0.1, -0.05) is 32.0 Å². The number of guanidine groups is 1. The van der Waals surface area contributed by atoms with E-state index in [0.29, 0.717) is 47.6 Å². The summed E-state index contributed by atoms with van der Waals surface area (Å²) < 4.78 is 12.0. The number of aliphatic hydroxyl groups is 1. The van der Waals surface area contributed by atoms with Gasteiger partial charge in [-0.2, -0.15) is 0 Å². The number of hydrogen-bond donors (Lipinski definition) is 4. The Labute approximate surface area is 229 Å². The molecule has 2 aromatic carbocycles. The van der Waals surface area contributed by atoms with Crippen molar-refractivity contribution in [3.05, 3.63) is 59.2 Å². The molecule has 5 rings (SSSR count). The number of fused-ring (bicyclic) bond motifs is 2. The van der Waals surface area contributed by atoms with Crippen molar-refractivity contribution in [1.29, 1.82) is 5.41 Å². The van der Waals surface area contributed by atoms with Gasteiger partial charge in [0.15, 0.2) is 5.96 Å². The third kappa shape index (κ3) is 4.42. The lowest BCUT2D eigenvalue weighted by molar-refractivity contribution is -0.137. The van der Waals surface area contributed by atoms with E-state index in [1.807, 2.05) is 38.1 Å². The lowest BCUT2D eigenvalue weighted by Crippen LogP contribution is -2.62. The van der Waals surface area contributed by atoms with E-state index in [-0.39, 0.29) is 17.8 Å². The molecule has 2 amide bonds. The van der Waals surface area contributed by atoms with Gasteiger partial charge >= 0.3 is 0 Å². The van der Waals surface area contributed by atoms with Crippen LogP contribution in [0.15, 0.2) is 42.5 Å². The Balaban J connectivity index is 1.45. The summed E-state index contributed by atoms with van der Waals surface area (Å²) in [4.78, 5) is 28.5. The second kappa shape index (κ2) is 9.55. The topological polar surface area (TPSA) is 124 Å². The van der Waals surface area contributed by atoms with E-state index in [0.717, 1.165) is 12.8 Å². The normalized spacial score (nSPS) is 26.9. The van der Waals surface area contributed by atoms with Crippen LogP contribution in [0.2, 0.25) is 0 Å². The molecule has 9 nitrogen and oxygen atoms in total. The lowest BCUT2D eigenvalue weighted by atomic mass is 9.75. The van der Waals surface area contributed by atoms with Gasteiger partial charge in [-0.05, 0) is 57.9 Å². The quantitative estimate of drug-likeness (QED) is 0.455. The first kappa shape index (κ1) is 27.0. The smallest absolute Gasteiger partial charge is 0.251 e. The van der Waals surface area contributed by atoms with E-state index < -0.39 is 28.8 Å². The van der Waals surface area contributed by atoms with E-state index in [1.54, 1.807) is 39.0 Å². The van der Waals surface area contributed by atoms with Gasteiger partial charge in [0.25, 0.3) is 5.91 Å². The first-order valence-electron chi connectivity index (χ1n) is 13.7. The fraction of sp³-hybridized carbons (Fsp3) is 0.500. The fourth-order valence-corrected chi connectivity index (χ4v) is 5.92. The molecule has 3 atom stereocenters. The van der Waals surface area contributed by atoms with Gasteiger partial charge in [-0.15, -0.1) is 0 Å². The maximum absolute atomic E-state index is 13.6. The van der Waals surface area contributed by atoms with Crippen LogP contribution in [0.1, 0.15) is 93.9 Å². The lowest BCUT2D eigenvalue weighted by Gasteiger charge is -2.49. The molecule has 1 fully saturated rings. The molecule has 1 saturated heterocycles. The molecule has 3 aliphatic heterocycles. The number of amides is 2. The average Bonchev–Trinajstić information content (AvgIpc) is 2.90. The molecule has 0 aromatic heterocycles. The number of carbonyl (C=O) groups is 2. The molecule has 3 aliphatic rings. The summed E-state index contributed by atoms with van der Waals surface area (Å²) in [6.07, 6.45) is 2.31. The summed E-state index contributed by atoms with van der Waals surface area (Å²) >= 11 is 0. The van der Waals surface area contributed by atoms with Gasteiger partial charge in [0, 0.05) is 28.7 Å². The maximum Gasteiger partial charge on any atom is 0.251 e. The number of benzene rings is 2. The monoisotopic (exact) mass is 534 g/mol. The average molecular weight is 535 g/mol. The van der Waals surface area contributed by atoms with Crippen molar-refractivity contribution in [2.24, 2.45) is 0 Å². The zero-order valence-electron chi connectivity index (χ0n) is 23.3. The maximum atomic E-state index is 13.6. The van der Waals surface area contributed by atoms with Gasteiger partial charge in [-0.3, -0.25) is 19.9 Å². The number of para-hydroxylation sites is 1. The number of nitrogens with zero attached hydrogens (tertiary/aromatic N) is 1. The Morgan fingerprint density at radius 1 is 1.13 bits per heavy atom. The van der Waals surface area contributed by atoms with Crippen molar-refractivity contribution in [3.8, 4) is 11.5 Å². The standard InChI is InChI=1S/C30H38N4O5/c1-6-30(7-2)17-24(35)34(27(31)33-30)21-14-15-38-22-13-12-18(16-20(21)22)26(36)32-25-19-10-8-9-11-23(19)39-28(3,4)29(25,5)37/h8-13,16,21,25,37H,6-7,14-15,17H2,1-5H3,(H2,31,33)(H,32,36)/t21-,25?,29?/m1/s1. The van der Waals surface area contributed by atoms with Gasteiger partial charge in [0.1, 0.15) is 22.7 Å². The molecule has 0 radical (unpaired) electrons. The minimum absolute atomic E-state index is 0.0831. The summed E-state index contributed by atoms with van der Waals surface area (Å²) in [5, 5.41) is 26.5. The molecular weight excluding hydrogens is 496 g/mol. The van der Waals surface area contributed by atoms with E-state index in [2.05, 4.69) is 10.6 Å². The van der Waals surface area contributed by atoms with Crippen molar-refractivity contribution in [2.75, 3.05) is 6.61 Å². The summed E-state index contributed by atoms with van der Waals surface area (Å²) in [5.41, 5.74) is -1.00. The molecule has 0 aliphatic carbocycles. The first-order valence-corrected chi connectivity index (χ1v) is 13.7. The van der Waals surface area contributed by atoms with Crippen molar-refractivity contribution >= 4 is 17.8 Å². The summed E-state index contributed by atoms with van der Waals surface area (Å²) in [7, 11) is 0. The molecular formula is C30H38N4O5. The highest BCUT2D eigenvalue weighted by molar-refractivity contribution is 6.00. The van der Waals surface area contributed by atoms with E-state index in [9.17, 15) is 14.7 Å². The molecule has 0 spiro atoms. The van der Waals surface area contributed by atoms with Crippen LogP contribution in [-0.2, 0) is 4.79 Å². The number of ether oxygens (including phenoxy) is 2. The zero-order valence-corrected chi connectivity index (χ0v) is 23.3. The van der Waals surface area contributed by atoms with Crippen LogP contribution in [-0.4, -0.2) is 51.1 Å². The Bertz CT molecular complexity index is 1300. The highest BCUT2D eigenvalue weighted by Crippen LogP contribution is 2.46. The third-order valence-electron chi connectivity index (χ3n) is 8.98. The Kier molecular flexibility index (Phi) is 6.61. The molecule has 9 heteroatoms. The molecule has 2 unspecified atom stereocenters. The number of nitrogens with one attached hydrogen (secondary N) is 3. The Hall–Kier alpha value is -3.59. The van der Waals surface area contributed by atoms with Crippen molar-refractivity contribution in [3.63, 3.8) is 0 Å². The number of carbonyl (C=O) groups excluding carboxylic acids is 2. The van der Waals surface area contributed by atoms with Crippen LogP contribution in [0, 0.1) is 5.41 Å². The Morgan fingerprint density at radius 2 is 1.85 bits per heavy atom. The molecule has 2 aromatic rings. The highest BCUT2D eigenvalue weighted by Gasteiger charge is 2.53. The summed E-state index contributed by atoms with van der Waals surface area (Å²) in [5.74, 6) is 0.819. The molecule has 4 N–H and O–H groups in total. The van der Waals surface area contributed by atoms with E-state index in [1.165, 1.54) is 4.90 Å².